The Morgan fingerprint density at radius 1 is 1.71 bits per heavy atom. The summed E-state index contributed by atoms with van der Waals surface area (Å²) in [6.07, 6.45) is 1.01. The van der Waals surface area contributed by atoms with Crippen LogP contribution in [0.1, 0.15) is 17.3 Å². The molecular formula is C11H12ClFN2OS. The van der Waals surface area contributed by atoms with Crippen LogP contribution in [-0.2, 0) is 0 Å². The second kappa shape index (κ2) is 5.23. The maximum atomic E-state index is 13.1. The number of amides is 1. The van der Waals surface area contributed by atoms with E-state index < -0.39 is 5.82 Å². The molecule has 1 aliphatic rings. The summed E-state index contributed by atoms with van der Waals surface area (Å²) in [5.41, 5.74) is 0.144. The van der Waals surface area contributed by atoms with E-state index in [4.69, 9.17) is 11.6 Å². The molecule has 1 unspecified atom stereocenters. The smallest absolute Gasteiger partial charge is 0.257 e. The molecule has 0 saturated carbocycles. The molecule has 0 spiro atoms. The highest BCUT2D eigenvalue weighted by atomic mass is 35.5. The Morgan fingerprint density at radius 2 is 2.47 bits per heavy atom. The zero-order valence-corrected chi connectivity index (χ0v) is 10.9. The summed E-state index contributed by atoms with van der Waals surface area (Å²) in [4.78, 5) is 17.5. The lowest BCUT2D eigenvalue weighted by atomic mass is 10.2. The second-order valence-electron chi connectivity index (χ2n) is 3.92. The van der Waals surface area contributed by atoms with Crippen LogP contribution in [0.2, 0.25) is 5.15 Å². The summed E-state index contributed by atoms with van der Waals surface area (Å²) in [5, 5.41) is 0.454. The Balaban J connectivity index is 2.21. The van der Waals surface area contributed by atoms with E-state index in [0.717, 1.165) is 18.0 Å². The number of carbonyl (C=O) groups is 1. The van der Waals surface area contributed by atoms with E-state index in [0.29, 0.717) is 18.3 Å². The number of nitrogens with zero attached hydrogens (tertiary/aromatic N) is 2. The predicted molar refractivity (Wildman–Crippen MR) is 67.0 cm³/mol. The largest absolute Gasteiger partial charge is 0.337 e. The van der Waals surface area contributed by atoms with E-state index in [2.05, 4.69) is 11.9 Å². The zero-order chi connectivity index (χ0) is 12.4. The molecule has 1 aliphatic heterocycles. The summed E-state index contributed by atoms with van der Waals surface area (Å²) in [7, 11) is 0. The quantitative estimate of drug-likeness (QED) is 0.738. The Hall–Kier alpha value is -0.810. The normalized spacial score (nSPS) is 20.4. The van der Waals surface area contributed by atoms with Crippen molar-refractivity contribution in [3.05, 3.63) is 28.8 Å². The topological polar surface area (TPSA) is 33.2 Å². The van der Waals surface area contributed by atoms with Gasteiger partial charge in [0.05, 0.1) is 11.8 Å². The molecule has 3 nitrogen and oxygen atoms in total. The van der Waals surface area contributed by atoms with Gasteiger partial charge in [-0.1, -0.05) is 18.5 Å². The number of hydrogen-bond donors (Lipinski definition) is 0. The first kappa shape index (κ1) is 12.6. The lowest BCUT2D eigenvalue weighted by molar-refractivity contribution is 0.0762. The highest BCUT2D eigenvalue weighted by molar-refractivity contribution is 7.99. The van der Waals surface area contributed by atoms with Gasteiger partial charge in [0.25, 0.3) is 5.91 Å². The third-order valence-electron chi connectivity index (χ3n) is 2.56. The van der Waals surface area contributed by atoms with Crippen molar-refractivity contribution in [1.29, 1.82) is 0 Å². The molecule has 92 valence electrons. The third-order valence-corrected chi connectivity index (χ3v) is 4.00. The van der Waals surface area contributed by atoms with Crippen molar-refractivity contribution in [3.8, 4) is 0 Å². The van der Waals surface area contributed by atoms with Gasteiger partial charge in [-0.2, -0.15) is 11.8 Å². The van der Waals surface area contributed by atoms with Crippen LogP contribution in [0.4, 0.5) is 4.39 Å². The molecule has 0 aromatic carbocycles. The maximum absolute atomic E-state index is 13.1. The average molecular weight is 275 g/mol. The zero-order valence-electron chi connectivity index (χ0n) is 9.32. The minimum atomic E-state index is -0.544. The van der Waals surface area contributed by atoms with Crippen molar-refractivity contribution < 1.29 is 9.18 Å². The summed E-state index contributed by atoms with van der Waals surface area (Å²) in [5.74, 6) is 0.110. The number of rotatable bonds is 1. The predicted octanol–water partition coefficient (Wildman–Crippen LogP) is 2.45. The molecule has 2 heterocycles. The molecule has 0 N–H and O–H groups in total. The highest BCUT2D eigenvalue weighted by Crippen LogP contribution is 2.22. The van der Waals surface area contributed by atoms with E-state index in [1.807, 2.05) is 11.8 Å². The van der Waals surface area contributed by atoms with Gasteiger partial charge in [0, 0.05) is 24.1 Å². The van der Waals surface area contributed by atoms with Gasteiger partial charge in [-0.25, -0.2) is 9.37 Å². The van der Waals surface area contributed by atoms with Crippen molar-refractivity contribution in [2.45, 2.75) is 12.2 Å². The highest BCUT2D eigenvalue weighted by Gasteiger charge is 2.24. The fraction of sp³-hybridized carbons (Fsp3) is 0.455. The summed E-state index contributed by atoms with van der Waals surface area (Å²) >= 11 is 7.64. The molecule has 1 fully saturated rings. The van der Waals surface area contributed by atoms with E-state index in [1.54, 1.807) is 4.90 Å². The Bertz CT molecular complexity index is 443. The van der Waals surface area contributed by atoms with Crippen molar-refractivity contribution in [1.82, 2.24) is 9.88 Å². The number of hydrogen-bond acceptors (Lipinski definition) is 3. The number of thioether (sulfide) groups is 1. The monoisotopic (exact) mass is 274 g/mol. The molecule has 1 amide bonds. The standard InChI is InChI=1S/C11H12ClFN2OS/c1-7-6-15(2-3-17-7)11(16)9-4-8(13)5-14-10(9)12/h4-5,7H,2-3,6H2,1H3. The van der Waals surface area contributed by atoms with Crippen molar-refractivity contribution >= 4 is 29.3 Å². The molecule has 6 heteroatoms. The van der Waals surface area contributed by atoms with Crippen molar-refractivity contribution in [2.75, 3.05) is 18.8 Å². The molecule has 0 bridgehead atoms. The summed E-state index contributed by atoms with van der Waals surface area (Å²) in [6.45, 7) is 3.40. The van der Waals surface area contributed by atoms with Crippen LogP contribution in [0.25, 0.3) is 0 Å². The summed E-state index contributed by atoms with van der Waals surface area (Å²) in [6, 6.07) is 1.14. The summed E-state index contributed by atoms with van der Waals surface area (Å²) < 4.78 is 13.1. The number of halogens is 2. The Morgan fingerprint density at radius 3 is 3.18 bits per heavy atom. The molecule has 1 saturated heterocycles. The molecule has 1 atom stereocenters. The fourth-order valence-electron chi connectivity index (χ4n) is 1.75. The van der Waals surface area contributed by atoms with Gasteiger partial charge in [0.1, 0.15) is 11.0 Å². The van der Waals surface area contributed by atoms with Crippen LogP contribution in [-0.4, -0.2) is 39.9 Å². The average Bonchev–Trinajstić information content (AvgIpc) is 2.31. The molecule has 17 heavy (non-hydrogen) atoms. The molecule has 2 rings (SSSR count). The van der Waals surface area contributed by atoms with Crippen LogP contribution in [0, 0.1) is 5.82 Å². The van der Waals surface area contributed by atoms with Crippen LogP contribution in [0.15, 0.2) is 12.3 Å². The molecule has 0 radical (unpaired) electrons. The van der Waals surface area contributed by atoms with Gasteiger partial charge >= 0.3 is 0 Å². The second-order valence-corrected chi connectivity index (χ2v) is 5.83. The van der Waals surface area contributed by atoms with Gasteiger partial charge in [-0.05, 0) is 6.07 Å². The van der Waals surface area contributed by atoms with E-state index >= 15 is 0 Å². The van der Waals surface area contributed by atoms with Crippen LogP contribution in [0.3, 0.4) is 0 Å². The SMILES string of the molecule is CC1CN(C(=O)c2cc(F)cnc2Cl)CCS1. The first-order valence-electron chi connectivity index (χ1n) is 5.30. The van der Waals surface area contributed by atoms with Gasteiger partial charge in [0.15, 0.2) is 0 Å². The lowest BCUT2D eigenvalue weighted by Gasteiger charge is -2.30. The van der Waals surface area contributed by atoms with E-state index in [9.17, 15) is 9.18 Å². The Kier molecular flexibility index (Phi) is 3.89. The van der Waals surface area contributed by atoms with Crippen molar-refractivity contribution in [3.63, 3.8) is 0 Å². The number of aromatic nitrogens is 1. The first-order chi connectivity index (χ1) is 8.08. The van der Waals surface area contributed by atoms with Crippen molar-refractivity contribution in [2.24, 2.45) is 0 Å². The number of pyridine rings is 1. The maximum Gasteiger partial charge on any atom is 0.257 e. The molecule has 0 aliphatic carbocycles. The minimum Gasteiger partial charge on any atom is -0.337 e. The van der Waals surface area contributed by atoms with Gasteiger partial charge < -0.3 is 4.90 Å². The van der Waals surface area contributed by atoms with Crippen LogP contribution in [0.5, 0.6) is 0 Å². The van der Waals surface area contributed by atoms with Gasteiger partial charge in [-0.15, -0.1) is 0 Å². The molecule has 1 aromatic heterocycles. The fourth-order valence-corrected chi connectivity index (χ4v) is 2.94. The molecule has 1 aromatic rings. The number of carbonyl (C=O) groups excluding carboxylic acids is 1. The Labute approximate surface area is 108 Å². The third kappa shape index (κ3) is 2.90. The minimum absolute atomic E-state index is 0.0577. The lowest BCUT2D eigenvalue weighted by Crippen LogP contribution is -2.41. The van der Waals surface area contributed by atoms with E-state index in [-0.39, 0.29) is 16.6 Å². The van der Waals surface area contributed by atoms with E-state index in [1.165, 1.54) is 0 Å². The van der Waals surface area contributed by atoms with Gasteiger partial charge in [0.2, 0.25) is 0 Å². The van der Waals surface area contributed by atoms with Gasteiger partial charge in [-0.3, -0.25) is 4.79 Å². The van der Waals surface area contributed by atoms with Crippen LogP contribution >= 0.6 is 23.4 Å². The van der Waals surface area contributed by atoms with Crippen LogP contribution < -0.4 is 0 Å². The first-order valence-corrected chi connectivity index (χ1v) is 6.72. The molecular weight excluding hydrogens is 263 g/mol.